The van der Waals surface area contributed by atoms with Crippen LogP contribution < -0.4 is 4.74 Å². The normalized spacial score (nSPS) is 10.1. The molecule has 18 heavy (non-hydrogen) atoms. The third kappa shape index (κ3) is 3.18. The molecule has 0 bridgehead atoms. The predicted octanol–water partition coefficient (Wildman–Crippen LogP) is 3.31. The van der Waals surface area contributed by atoms with Gasteiger partial charge in [0.15, 0.2) is 5.78 Å². The van der Waals surface area contributed by atoms with Gasteiger partial charge in [0, 0.05) is 12.7 Å². The van der Waals surface area contributed by atoms with Gasteiger partial charge in [0.2, 0.25) is 0 Å². The van der Waals surface area contributed by atoms with Gasteiger partial charge < -0.3 is 9.47 Å². The van der Waals surface area contributed by atoms with Crippen LogP contribution in [0.15, 0.2) is 54.6 Å². The van der Waals surface area contributed by atoms with Gasteiger partial charge in [-0.1, -0.05) is 18.2 Å². The summed E-state index contributed by atoms with van der Waals surface area (Å²) < 4.78 is 10.4. The van der Waals surface area contributed by atoms with Gasteiger partial charge in [0.05, 0.1) is 0 Å². The average Bonchev–Trinajstić information content (AvgIpc) is 2.41. The second-order valence-corrected chi connectivity index (χ2v) is 3.80. The quantitative estimate of drug-likeness (QED) is 0.754. The standard InChI is InChI=1S/C15H14O3/c1-17-11-15(16)12-7-9-14(10-8-12)18-13-5-3-2-4-6-13/h2-10H,11H2,1H3. The van der Waals surface area contributed by atoms with Crippen molar-refractivity contribution < 1.29 is 14.3 Å². The van der Waals surface area contributed by atoms with E-state index in [1.807, 2.05) is 30.3 Å². The van der Waals surface area contributed by atoms with Crippen LogP contribution in [0.25, 0.3) is 0 Å². The summed E-state index contributed by atoms with van der Waals surface area (Å²) in [5, 5.41) is 0. The van der Waals surface area contributed by atoms with Crippen LogP contribution in [0.3, 0.4) is 0 Å². The van der Waals surface area contributed by atoms with Gasteiger partial charge in [-0.25, -0.2) is 0 Å². The molecule has 0 saturated carbocycles. The Bertz CT molecular complexity index is 503. The van der Waals surface area contributed by atoms with Crippen molar-refractivity contribution in [3.8, 4) is 11.5 Å². The molecule has 3 nitrogen and oxygen atoms in total. The minimum atomic E-state index is -0.0382. The second kappa shape index (κ2) is 5.98. The molecule has 0 heterocycles. The number of methoxy groups -OCH3 is 1. The summed E-state index contributed by atoms with van der Waals surface area (Å²) in [6.07, 6.45) is 0. The van der Waals surface area contributed by atoms with Gasteiger partial charge >= 0.3 is 0 Å². The molecule has 92 valence electrons. The van der Waals surface area contributed by atoms with Gasteiger partial charge in [-0.15, -0.1) is 0 Å². The Labute approximate surface area is 106 Å². The largest absolute Gasteiger partial charge is 0.457 e. The summed E-state index contributed by atoms with van der Waals surface area (Å²) >= 11 is 0. The zero-order valence-electron chi connectivity index (χ0n) is 10.1. The maximum atomic E-state index is 11.5. The van der Waals surface area contributed by atoms with E-state index >= 15 is 0 Å². The highest BCUT2D eigenvalue weighted by molar-refractivity contribution is 5.97. The zero-order chi connectivity index (χ0) is 12.8. The van der Waals surface area contributed by atoms with E-state index in [-0.39, 0.29) is 12.4 Å². The molecule has 3 heteroatoms. The van der Waals surface area contributed by atoms with E-state index in [4.69, 9.17) is 9.47 Å². The lowest BCUT2D eigenvalue weighted by Gasteiger charge is -2.06. The number of rotatable bonds is 5. The maximum absolute atomic E-state index is 11.5. The monoisotopic (exact) mass is 242 g/mol. The van der Waals surface area contributed by atoms with Crippen LogP contribution in [0.1, 0.15) is 10.4 Å². The average molecular weight is 242 g/mol. The molecular weight excluding hydrogens is 228 g/mol. The van der Waals surface area contributed by atoms with Gasteiger partial charge in [-0.3, -0.25) is 4.79 Å². The first-order valence-corrected chi connectivity index (χ1v) is 5.64. The van der Waals surface area contributed by atoms with Crippen molar-refractivity contribution in [1.29, 1.82) is 0 Å². The summed E-state index contributed by atoms with van der Waals surface area (Å²) in [7, 11) is 1.50. The number of benzene rings is 2. The van der Waals surface area contributed by atoms with Gasteiger partial charge in [-0.05, 0) is 36.4 Å². The molecule has 0 saturated heterocycles. The van der Waals surface area contributed by atoms with E-state index in [1.165, 1.54) is 7.11 Å². The molecule has 0 unspecified atom stereocenters. The molecule has 2 rings (SSSR count). The van der Waals surface area contributed by atoms with E-state index in [9.17, 15) is 4.79 Å². The Hall–Kier alpha value is -2.13. The van der Waals surface area contributed by atoms with Crippen LogP contribution in [0.5, 0.6) is 11.5 Å². The molecule has 2 aromatic rings. The molecule has 2 aromatic carbocycles. The van der Waals surface area contributed by atoms with Crippen molar-refractivity contribution in [2.24, 2.45) is 0 Å². The summed E-state index contributed by atoms with van der Waals surface area (Å²) in [6.45, 7) is 0.0961. The Morgan fingerprint density at radius 3 is 2.17 bits per heavy atom. The van der Waals surface area contributed by atoms with Crippen molar-refractivity contribution in [2.75, 3.05) is 13.7 Å². The number of para-hydroxylation sites is 1. The second-order valence-electron chi connectivity index (χ2n) is 3.80. The SMILES string of the molecule is COCC(=O)c1ccc(Oc2ccccc2)cc1. The molecular formula is C15H14O3. The Morgan fingerprint density at radius 1 is 0.944 bits per heavy atom. The van der Waals surface area contributed by atoms with E-state index in [0.29, 0.717) is 11.3 Å². The van der Waals surface area contributed by atoms with Crippen molar-refractivity contribution in [3.63, 3.8) is 0 Å². The van der Waals surface area contributed by atoms with E-state index in [2.05, 4.69) is 0 Å². The van der Waals surface area contributed by atoms with Crippen molar-refractivity contribution in [2.45, 2.75) is 0 Å². The van der Waals surface area contributed by atoms with Crippen LogP contribution in [0.2, 0.25) is 0 Å². The molecule has 0 spiro atoms. The molecule has 0 fully saturated rings. The van der Waals surface area contributed by atoms with E-state index in [1.54, 1.807) is 24.3 Å². The highest BCUT2D eigenvalue weighted by Gasteiger charge is 2.05. The summed E-state index contributed by atoms with van der Waals surface area (Å²) in [4.78, 5) is 11.5. The molecule has 0 aliphatic rings. The molecule has 0 aromatic heterocycles. The van der Waals surface area contributed by atoms with Crippen LogP contribution in [0, 0.1) is 0 Å². The van der Waals surface area contributed by atoms with Crippen LogP contribution in [0.4, 0.5) is 0 Å². The molecule has 0 N–H and O–H groups in total. The van der Waals surface area contributed by atoms with Crippen molar-refractivity contribution in [3.05, 3.63) is 60.2 Å². The van der Waals surface area contributed by atoms with Crippen LogP contribution in [-0.4, -0.2) is 19.5 Å². The fourth-order valence-electron chi connectivity index (χ4n) is 1.55. The van der Waals surface area contributed by atoms with Crippen LogP contribution >= 0.6 is 0 Å². The third-order valence-corrected chi connectivity index (χ3v) is 2.43. The summed E-state index contributed by atoms with van der Waals surface area (Å²) in [5.74, 6) is 1.44. The highest BCUT2D eigenvalue weighted by atomic mass is 16.5. The number of ketones is 1. The molecule has 0 aliphatic carbocycles. The molecule has 0 radical (unpaired) electrons. The topological polar surface area (TPSA) is 35.5 Å². The molecule has 0 amide bonds. The number of carbonyl (C=O) groups excluding carboxylic acids is 1. The summed E-state index contributed by atoms with van der Waals surface area (Å²) in [5.41, 5.74) is 0.622. The number of hydrogen-bond donors (Lipinski definition) is 0. The highest BCUT2D eigenvalue weighted by Crippen LogP contribution is 2.21. The number of carbonyl (C=O) groups is 1. The summed E-state index contributed by atoms with van der Waals surface area (Å²) in [6, 6.07) is 16.5. The fourth-order valence-corrected chi connectivity index (χ4v) is 1.55. The lowest BCUT2D eigenvalue weighted by molar-refractivity contribution is 0.0848. The van der Waals surface area contributed by atoms with Gasteiger partial charge in [0.1, 0.15) is 18.1 Å². The van der Waals surface area contributed by atoms with Crippen molar-refractivity contribution in [1.82, 2.24) is 0 Å². The first kappa shape index (κ1) is 12.3. The lowest BCUT2D eigenvalue weighted by Crippen LogP contribution is -2.06. The minimum absolute atomic E-state index is 0.0382. The molecule has 0 atom stereocenters. The van der Waals surface area contributed by atoms with Gasteiger partial charge in [-0.2, -0.15) is 0 Å². The fraction of sp³-hybridized carbons (Fsp3) is 0.133. The van der Waals surface area contributed by atoms with Crippen molar-refractivity contribution >= 4 is 5.78 Å². The Balaban J connectivity index is 2.06. The maximum Gasteiger partial charge on any atom is 0.188 e. The zero-order valence-corrected chi connectivity index (χ0v) is 10.1. The van der Waals surface area contributed by atoms with Gasteiger partial charge in [0.25, 0.3) is 0 Å². The number of ether oxygens (including phenoxy) is 2. The van der Waals surface area contributed by atoms with E-state index in [0.717, 1.165) is 5.75 Å². The Morgan fingerprint density at radius 2 is 1.56 bits per heavy atom. The van der Waals surface area contributed by atoms with E-state index < -0.39 is 0 Å². The smallest absolute Gasteiger partial charge is 0.188 e. The van der Waals surface area contributed by atoms with Crippen LogP contribution in [-0.2, 0) is 4.74 Å². The minimum Gasteiger partial charge on any atom is -0.457 e. The Kier molecular flexibility index (Phi) is 4.10. The first-order valence-electron chi connectivity index (χ1n) is 5.64. The lowest BCUT2D eigenvalue weighted by atomic mass is 10.1. The number of hydrogen-bond acceptors (Lipinski definition) is 3. The molecule has 0 aliphatic heterocycles. The predicted molar refractivity (Wildman–Crippen MR) is 69.2 cm³/mol. The number of Topliss-reactive ketones (excluding diaryl/α,β-unsaturated/α-hetero) is 1. The third-order valence-electron chi connectivity index (χ3n) is 2.43. The first-order chi connectivity index (χ1) is 8.79.